The monoisotopic (exact) mass is 364 g/mol. The molecule has 1 aliphatic carbocycles. The molecule has 1 aliphatic rings. The van der Waals surface area contributed by atoms with Gasteiger partial charge in [-0.1, -0.05) is 37.1 Å². The van der Waals surface area contributed by atoms with Gasteiger partial charge in [0.2, 0.25) is 0 Å². The van der Waals surface area contributed by atoms with Crippen molar-refractivity contribution in [1.82, 2.24) is 9.55 Å². The molecule has 0 spiro atoms. The number of fused-ring (bicyclic) bond motifs is 1. The van der Waals surface area contributed by atoms with Crippen LogP contribution in [-0.2, 0) is 6.54 Å². The number of aliphatic hydroxyl groups is 1. The predicted octanol–water partition coefficient (Wildman–Crippen LogP) is 4.75. The minimum Gasteiger partial charge on any atom is -0.491 e. The summed E-state index contributed by atoms with van der Waals surface area (Å²) in [6.45, 7) is 4.92. The molecule has 27 heavy (non-hydrogen) atoms. The van der Waals surface area contributed by atoms with Crippen LogP contribution in [0.15, 0.2) is 42.5 Å². The lowest BCUT2D eigenvalue weighted by molar-refractivity contribution is 0.0921. The Balaban J connectivity index is 1.53. The molecule has 0 saturated heterocycles. The zero-order valence-corrected chi connectivity index (χ0v) is 16.2. The Labute approximate surface area is 160 Å². The van der Waals surface area contributed by atoms with Crippen LogP contribution in [0.3, 0.4) is 0 Å². The van der Waals surface area contributed by atoms with E-state index in [9.17, 15) is 5.11 Å². The first kappa shape index (κ1) is 18.1. The number of imidazole rings is 1. The van der Waals surface area contributed by atoms with Gasteiger partial charge in [-0.3, -0.25) is 0 Å². The van der Waals surface area contributed by atoms with E-state index in [0.717, 1.165) is 28.2 Å². The lowest BCUT2D eigenvalue weighted by atomic mass is 10.1. The number of hydrogen-bond donors (Lipinski definition) is 1. The molecule has 1 atom stereocenters. The maximum atomic E-state index is 10.7. The van der Waals surface area contributed by atoms with Crippen LogP contribution >= 0.6 is 0 Å². The molecule has 1 unspecified atom stereocenters. The van der Waals surface area contributed by atoms with Crippen LogP contribution < -0.4 is 4.74 Å². The van der Waals surface area contributed by atoms with Gasteiger partial charge in [0.05, 0.1) is 17.6 Å². The van der Waals surface area contributed by atoms with Crippen molar-refractivity contribution in [1.29, 1.82) is 0 Å². The molecule has 142 valence electrons. The topological polar surface area (TPSA) is 47.3 Å². The minimum atomic E-state index is -0.581. The van der Waals surface area contributed by atoms with E-state index in [1.165, 1.54) is 31.2 Å². The largest absolute Gasteiger partial charge is 0.491 e. The first-order valence-corrected chi connectivity index (χ1v) is 9.95. The number of hydrogen-bond acceptors (Lipinski definition) is 3. The Morgan fingerprint density at radius 1 is 1.11 bits per heavy atom. The van der Waals surface area contributed by atoms with Gasteiger partial charge in [0, 0.05) is 5.92 Å². The van der Waals surface area contributed by atoms with Gasteiger partial charge in [0.15, 0.2) is 0 Å². The molecule has 1 heterocycles. The summed E-state index contributed by atoms with van der Waals surface area (Å²) in [5.74, 6) is 2.48. The van der Waals surface area contributed by atoms with Crippen molar-refractivity contribution in [3.63, 3.8) is 0 Å². The number of benzene rings is 2. The molecule has 1 saturated carbocycles. The highest BCUT2D eigenvalue weighted by molar-refractivity contribution is 5.76. The second kappa shape index (κ2) is 7.73. The molecule has 1 aromatic heterocycles. The summed E-state index contributed by atoms with van der Waals surface area (Å²) in [6, 6.07) is 14.2. The number of aryl methyl sites for hydroxylation is 1. The van der Waals surface area contributed by atoms with Crippen molar-refractivity contribution < 1.29 is 9.84 Å². The lowest BCUT2D eigenvalue weighted by Crippen LogP contribution is -2.25. The quantitative estimate of drug-likeness (QED) is 0.686. The van der Waals surface area contributed by atoms with E-state index >= 15 is 0 Å². The van der Waals surface area contributed by atoms with Crippen molar-refractivity contribution in [2.45, 2.75) is 58.1 Å². The highest BCUT2D eigenvalue weighted by Gasteiger charge is 2.24. The first-order valence-electron chi connectivity index (χ1n) is 9.95. The van der Waals surface area contributed by atoms with Gasteiger partial charge >= 0.3 is 0 Å². The predicted molar refractivity (Wildman–Crippen MR) is 108 cm³/mol. The van der Waals surface area contributed by atoms with Gasteiger partial charge in [0.1, 0.15) is 24.3 Å². The van der Waals surface area contributed by atoms with E-state index in [4.69, 9.17) is 9.72 Å². The van der Waals surface area contributed by atoms with Gasteiger partial charge in [-0.15, -0.1) is 0 Å². The minimum absolute atomic E-state index is 0.279. The number of nitrogens with zero attached hydrogens (tertiary/aromatic N) is 2. The molecule has 4 nitrogen and oxygen atoms in total. The third-order valence-electron chi connectivity index (χ3n) is 5.78. The normalized spacial score (nSPS) is 16.1. The molecular formula is C23H28N2O2. The van der Waals surface area contributed by atoms with Crippen LogP contribution in [0.5, 0.6) is 5.75 Å². The highest BCUT2D eigenvalue weighted by Crippen LogP contribution is 2.35. The molecule has 1 fully saturated rings. The van der Waals surface area contributed by atoms with Crippen LogP contribution in [0.25, 0.3) is 11.0 Å². The zero-order valence-electron chi connectivity index (χ0n) is 16.2. The molecule has 0 amide bonds. The SMILES string of the molecule is Cc1cccc(OCC(O)Cn2c(C3CCCC3)nc3ccccc32)c1C. The van der Waals surface area contributed by atoms with Crippen LogP contribution in [0.1, 0.15) is 48.6 Å². The summed E-state index contributed by atoms with van der Waals surface area (Å²) >= 11 is 0. The summed E-state index contributed by atoms with van der Waals surface area (Å²) in [4.78, 5) is 4.90. The van der Waals surface area contributed by atoms with Crippen molar-refractivity contribution in [2.75, 3.05) is 6.61 Å². The molecular weight excluding hydrogens is 336 g/mol. The summed E-state index contributed by atoms with van der Waals surface area (Å²) in [5.41, 5.74) is 4.45. The Kier molecular flexibility index (Phi) is 5.17. The summed E-state index contributed by atoms with van der Waals surface area (Å²) < 4.78 is 8.13. The molecule has 1 N–H and O–H groups in total. The molecule has 2 aromatic carbocycles. The van der Waals surface area contributed by atoms with Crippen molar-refractivity contribution in [3.05, 3.63) is 59.4 Å². The highest BCUT2D eigenvalue weighted by atomic mass is 16.5. The lowest BCUT2D eigenvalue weighted by Gasteiger charge is -2.18. The molecule has 4 rings (SSSR count). The van der Waals surface area contributed by atoms with Crippen molar-refractivity contribution >= 4 is 11.0 Å². The van der Waals surface area contributed by atoms with Crippen molar-refractivity contribution in [3.8, 4) is 5.75 Å². The average molecular weight is 364 g/mol. The average Bonchev–Trinajstić information content (AvgIpc) is 3.31. The third kappa shape index (κ3) is 3.72. The van der Waals surface area contributed by atoms with Crippen LogP contribution in [0.2, 0.25) is 0 Å². The maximum absolute atomic E-state index is 10.7. The van der Waals surface area contributed by atoms with Crippen molar-refractivity contribution in [2.24, 2.45) is 0 Å². The molecule has 0 aliphatic heterocycles. The standard InChI is InChI=1S/C23H28N2O2/c1-16-8-7-13-22(17(16)2)27-15-19(26)14-25-21-12-6-5-11-20(21)24-23(25)18-9-3-4-10-18/h5-8,11-13,18-19,26H,3-4,9-10,14-15H2,1-2H3. The first-order chi connectivity index (χ1) is 13.1. The van der Waals surface area contributed by atoms with Crippen LogP contribution in [0.4, 0.5) is 0 Å². The fraction of sp³-hybridized carbons (Fsp3) is 0.435. The van der Waals surface area contributed by atoms with E-state index in [0.29, 0.717) is 12.5 Å². The van der Waals surface area contributed by atoms with E-state index in [2.05, 4.69) is 36.6 Å². The molecule has 4 heteroatoms. The Morgan fingerprint density at radius 2 is 1.89 bits per heavy atom. The maximum Gasteiger partial charge on any atom is 0.122 e. The van der Waals surface area contributed by atoms with E-state index in [1.54, 1.807) is 0 Å². The Bertz CT molecular complexity index is 925. The second-order valence-electron chi connectivity index (χ2n) is 7.71. The summed E-state index contributed by atoms with van der Waals surface area (Å²) in [6.07, 6.45) is 4.34. The third-order valence-corrected chi connectivity index (χ3v) is 5.78. The number of aliphatic hydroxyl groups excluding tert-OH is 1. The van der Waals surface area contributed by atoms with Gasteiger partial charge in [-0.2, -0.15) is 0 Å². The van der Waals surface area contributed by atoms with Crippen LogP contribution in [0, 0.1) is 13.8 Å². The van der Waals surface area contributed by atoms with Gasteiger partial charge < -0.3 is 14.4 Å². The fourth-order valence-corrected chi connectivity index (χ4v) is 4.11. The van der Waals surface area contributed by atoms with E-state index < -0.39 is 6.10 Å². The fourth-order valence-electron chi connectivity index (χ4n) is 4.11. The smallest absolute Gasteiger partial charge is 0.122 e. The van der Waals surface area contributed by atoms with E-state index in [-0.39, 0.29) is 6.61 Å². The Hall–Kier alpha value is -2.33. The number of rotatable bonds is 6. The van der Waals surface area contributed by atoms with Gasteiger partial charge in [0.25, 0.3) is 0 Å². The number of para-hydroxylation sites is 2. The summed E-state index contributed by atoms with van der Waals surface area (Å²) in [5, 5.41) is 10.7. The van der Waals surface area contributed by atoms with Gasteiger partial charge in [-0.05, 0) is 56.0 Å². The number of aromatic nitrogens is 2. The summed E-state index contributed by atoms with van der Waals surface area (Å²) in [7, 11) is 0. The Morgan fingerprint density at radius 3 is 2.70 bits per heavy atom. The molecule has 3 aromatic rings. The molecule has 0 bridgehead atoms. The second-order valence-corrected chi connectivity index (χ2v) is 7.71. The number of ether oxygens (including phenoxy) is 1. The van der Waals surface area contributed by atoms with Gasteiger partial charge in [-0.25, -0.2) is 4.98 Å². The molecule has 0 radical (unpaired) electrons. The zero-order chi connectivity index (χ0) is 18.8. The van der Waals surface area contributed by atoms with Crippen LogP contribution in [-0.4, -0.2) is 27.4 Å². The van der Waals surface area contributed by atoms with E-state index in [1.807, 2.05) is 24.3 Å².